The van der Waals surface area contributed by atoms with Crippen molar-refractivity contribution in [2.24, 2.45) is 0 Å². The van der Waals surface area contributed by atoms with Crippen molar-refractivity contribution in [1.29, 1.82) is 5.26 Å². The second kappa shape index (κ2) is 17.3. The average Bonchev–Trinajstić information content (AvgIpc) is 3.61. The first kappa shape index (κ1) is 42.7. The van der Waals surface area contributed by atoms with Gasteiger partial charge in [0.15, 0.2) is 5.82 Å². The van der Waals surface area contributed by atoms with E-state index in [1.54, 1.807) is 46.1 Å². The van der Waals surface area contributed by atoms with Gasteiger partial charge in [0.2, 0.25) is 0 Å². The van der Waals surface area contributed by atoms with Gasteiger partial charge in [0.1, 0.15) is 39.8 Å². The number of fused-ring (bicyclic) bond motifs is 2. The molecule has 0 saturated carbocycles. The van der Waals surface area contributed by atoms with E-state index in [1.807, 2.05) is 73.7 Å². The number of amides is 2. The lowest BCUT2D eigenvalue weighted by Crippen LogP contribution is -2.41. The smallest absolute Gasteiger partial charge is 0.412 e. The van der Waals surface area contributed by atoms with Gasteiger partial charge in [-0.2, -0.15) is 5.26 Å². The Hall–Kier alpha value is -6.43. The molecule has 61 heavy (non-hydrogen) atoms. The summed E-state index contributed by atoms with van der Waals surface area (Å²) in [5.74, 6) is -0.0974. The minimum Gasteiger partial charge on any atom is -0.497 e. The molecule has 11 nitrogen and oxygen atoms in total. The number of anilines is 3. The van der Waals surface area contributed by atoms with E-state index in [0.29, 0.717) is 24.5 Å². The molecule has 0 saturated heterocycles. The highest BCUT2D eigenvalue weighted by molar-refractivity contribution is 7.23. The van der Waals surface area contributed by atoms with Crippen LogP contribution in [0.1, 0.15) is 71.9 Å². The van der Waals surface area contributed by atoms with Crippen molar-refractivity contribution in [2.45, 2.75) is 58.8 Å². The number of pyridine rings is 1. The van der Waals surface area contributed by atoms with Crippen LogP contribution in [-0.4, -0.2) is 48.2 Å². The number of carbonyl (C=O) groups excluding carboxylic acids is 2. The minimum absolute atomic E-state index is 0.0109. The first-order valence-electron chi connectivity index (χ1n) is 19.4. The van der Waals surface area contributed by atoms with Gasteiger partial charge in [0.25, 0.3) is 5.91 Å². The summed E-state index contributed by atoms with van der Waals surface area (Å²) in [4.78, 5) is 35.9. The molecule has 1 aliphatic rings. The number of carbonyl (C=O) groups is 2. The molecule has 6 aromatic rings. The van der Waals surface area contributed by atoms with E-state index in [4.69, 9.17) is 36.5 Å². The second-order valence-electron chi connectivity index (χ2n) is 15.5. The highest BCUT2D eigenvalue weighted by Crippen LogP contribution is 2.48. The summed E-state index contributed by atoms with van der Waals surface area (Å²) < 4.78 is 48.3. The van der Waals surface area contributed by atoms with Gasteiger partial charge >= 0.3 is 6.09 Å². The van der Waals surface area contributed by atoms with Crippen LogP contribution >= 0.6 is 22.9 Å². The number of nitrogens with zero attached hydrogens (tertiary/aromatic N) is 4. The lowest BCUT2D eigenvalue weighted by atomic mass is 9.89. The number of thiophene rings is 1. The van der Waals surface area contributed by atoms with Crippen LogP contribution in [0, 0.1) is 23.0 Å². The van der Waals surface area contributed by atoms with Crippen molar-refractivity contribution in [1.82, 2.24) is 9.88 Å². The number of nitrogen functional groups attached to an aromatic ring is 1. The van der Waals surface area contributed by atoms with Crippen LogP contribution < -0.4 is 25.4 Å². The molecule has 1 atom stereocenters. The quantitative estimate of drug-likeness (QED) is 0.122. The van der Waals surface area contributed by atoms with Crippen LogP contribution in [0.3, 0.4) is 0 Å². The maximum atomic E-state index is 16.8. The molecule has 3 N–H and O–H groups in total. The van der Waals surface area contributed by atoms with E-state index in [1.165, 1.54) is 6.07 Å². The lowest BCUT2D eigenvalue weighted by molar-refractivity contribution is 0.0634. The monoisotopic (exact) mass is 864 g/mol. The fraction of sp³-hybridized carbons (Fsp3) is 0.261. The van der Waals surface area contributed by atoms with Crippen LogP contribution in [-0.2, 0) is 24.2 Å². The molecule has 7 rings (SSSR count). The van der Waals surface area contributed by atoms with Gasteiger partial charge in [-0.1, -0.05) is 48.0 Å². The highest BCUT2D eigenvalue weighted by Gasteiger charge is 2.37. The Morgan fingerprint density at radius 1 is 1.02 bits per heavy atom. The number of methoxy groups -OCH3 is 2. The number of hydrogen-bond acceptors (Lipinski definition) is 10. The summed E-state index contributed by atoms with van der Waals surface area (Å²) in [7, 11) is 3.23. The molecule has 0 fully saturated rings. The van der Waals surface area contributed by atoms with E-state index in [9.17, 15) is 14.9 Å². The van der Waals surface area contributed by atoms with Gasteiger partial charge in [-0.25, -0.2) is 18.6 Å². The number of hydrogen-bond donors (Lipinski definition) is 2. The maximum absolute atomic E-state index is 16.8. The number of nitriles is 1. The van der Waals surface area contributed by atoms with Crippen molar-refractivity contribution < 1.29 is 32.6 Å². The van der Waals surface area contributed by atoms with Crippen molar-refractivity contribution in [3.63, 3.8) is 0 Å². The zero-order valence-corrected chi connectivity index (χ0v) is 35.9. The van der Waals surface area contributed by atoms with Crippen LogP contribution in [0.15, 0.2) is 79.0 Å². The van der Waals surface area contributed by atoms with Crippen LogP contribution in [0.25, 0.3) is 21.2 Å². The van der Waals surface area contributed by atoms with Crippen LogP contribution in [0.4, 0.5) is 30.1 Å². The molecule has 4 aromatic carbocycles. The molecule has 0 radical (unpaired) electrons. The maximum Gasteiger partial charge on any atom is 0.412 e. The predicted molar refractivity (Wildman–Crippen MR) is 234 cm³/mol. The Morgan fingerprint density at radius 3 is 2.21 bits per heavy atom. The largest absolute Gasteiger partial charge is 0.497 e. The van der Waals surface area contributed by atoms with Crippen molar-refractivity contribution in [3.05, 3.63) is 129 Å². The van der Waals surface area contributed by atoms with E-state index in [-0.39, 0.29) is 55.3 Å². The molecule has 1 aliphatic heterocycles. The number of ether oxygens (including phenoxy) is 3. The number of aromatic nitrogens is 1. The zero-order valence-electron chi connectivity index (χ0n) is 34.4. The van der Waals surface area contributed by atoms with Crippen molar-refractivity contribution >= 4 is 61.5 Å². The van der Waals surface area contributed by atoms with Crippen LogP contribution in [0.5, 0.6) is 11.5 Å². The SMILES string of the molecule is COc1ccc(CN(Cc2ccc(OC)cc2)c2ncccc2C(C)N2CCc3c(Cl)c(-c4ccc(F)c5sc(NC(=O)OC(C)(C)C)c(C#N)c45)c(F)c(N)c3C2=O)cc1. The second-order valence-corrected chi connectivity index (χ2v) is 16.9. The number of nitrogens with two attached hydrogens (primary N) is 1. The Kier molecular flexibility index (Phi) is 12.1. The highest BCUT2D eigenvalue weighted by atomic mass is 35.5. The van der Waals surface area contributed by atoms with Gasteiger partial charge in [-0.05, 0) is 92.8 Å². The summed E-state index contributed by atoms with van der Waals surface area (Å²) >= 11 is 7.85. The summed E-state index contributed by atoms with van der Waals surface area (Å²) in [6.45, 7) is 8.08. The minimum atomic E-state index is -0.997. The summed E-state index contributed by atoms with van der Waals surface area (Å²) in [6, 6.07) is 23.2. The molecule has 15 heteroatoms. The van der Waals surface area contributed by atoms with E-state index < -0.39 is 41.0 Å². The first-order valence-corrected chi connectivity index (χ1v) is 20.5. The van der Waals surface area contributed by atoms with E-state index >= 15 is 8.78 Å². The Bertz CT molecular complexity index is 2650. The third kappa shape index (κ3) is 8.49. The fourth-order valence-corrected chi connectivity index (χ4v) is 9.02. The Balaban J connectivity index is 1.25. The average molecular weight is 865 g/mol. The van der Waals surface area contributed by atoms with Gasteiger partial charge < -0.3 is 29.7 Å². The lowest BCUT2D eigenvalue weighted by Gasteiger charge is -2.37. The standard InChI is InChI=1S/C46H43ClF2N6O5S/c1-25(30-8-7-20-52-42(30)54(23-26-9-13-28(58-5)14-10-26)24-27-11-15-29(59-6)16-12-27)55-21-19-32-37(44(55)56)40(51)39(49)36(38(32)47)31-17-18-34(48)41-35(31)33(22-50)43(61-41)53-45(57)60-46(2,3)4/h7-18,20,25H,19,21,23-24,51H2,1-6H3,(H,53,57). The van der Waals surface area contributed by atoms with Crippen molar-refractivity contribution in [2.75, 3.05) is 36.7 Å². The molecule has 1 unspecified atom stereocenters. The van der Waals surface area contributed by atoms with Crippen LogP contribution in [0.2, 0.25) is 5.02 Å². The predicted octanol–water partition coefficient (Wildman–Crippen LogP) is 10.7. The molecule has 0 bridgehead atoms. The summed E-state index contributed by atoms with van der Waals surface area (Å²) in [6.07, 6.45) is 1.07. The number of nitrogens with one attached hydrogen (secondary N) is 1. The van der Waals surface area contributed by atoms with Crippen molar-refractivity contribution in [3.8, 4) is 28.7 Å². The summed E-state index contributed by atoms with van der Waals surface area (Å²) in [5, 5.41) is 12.8. The first-order chi connectivity index (χ1) is 29.1. The molecule has 0 spiro atoms. The molecular weight excluding hydrogens is 822 g/mol. The van der Waals surface area contributed by atoms with Gasteiger partial charge in [-0.15, -0.1) is 11.3 Å². The molecule has 2 aromatic heterocycles. The topological polar surface area (TPSA) is 143 Å². The molecule has 0 aliphatic carbocycles. The Morgan fingerprint density at radius 2 is 1.64 bits per heavy atom. The number of rotatable bonds is 11. The fourth-order valence-electron chi connectivity index (χ4n) is 7.57. The van der Waals surface area contributed by atoms with E-state index in [2.05, 4.69) is 10.2 Å². The normalized spacial score (nSPS) is 13.0. The third-order valence-corrected chi connectivity index (χ3v) is 12.0. The van der Waals surface area contributed by atoms with Gasteiger partial charge in [0.05, 0.1) is 46.8 Å². The number of benzene rings is 4. The van der Waals surface area contributed by atoms with Gasteiger partial charge in [-0.3, -0.25) is 10.1 Å². The third-order valence-electron chi connectivity index (χ3n) is 10.5. The van der Waals surface area contributed by atoms with Gasteiger partial charge in [0, 0.05) is 42.3 Å². The van der Waals surface area contributed by atoms with E-state index in [0.717, 1.165) is 45.6 Å². The number of halogens is 3. The molecule has 314 valence electrons. The molecular formula is C46H43ClF2N6O5S. The Labute approximate surface area is 361 Å². The molecule has 3 heterocycles. The molecule has 2 amide bonds. The summed E-state index contributed by atoms with van der Waals surface area (Å²) in [5.41, 5.74) is 8.09. The zero-order chi connectivity index (χ0) is 43.7.